The summed E-state index contributed by atoms with van der Waals surface area (Å²) >= 11 is 0. The first-order chi connectivity index (χ1) is 13.2. The van der Waals surface area contributed by atoms with Gasteiger partial charge in [0.25, 0.3) is 11.6 Å². The van der Waals surface area contributed by atoms with E-state index in [1.807, 2.05) is 26.0 Å². The third-order valence-electron chi connectivity index (χ3n) is 4.96. The normalized spacial score (nSPS) is 15.4. The van der Waals surface area contributed by atoms with Crippen LogP contribution in [0.15, 0.2) is 47.4 Å². The van der Waals surface area contributed by atoms with E-state index in [1.54, 1.807) is 11.0 Å². The van der Waals surface area contributed by atoms with Gasteiger partial charge in [-0.2, -0.15) is 4.31 Å². The van der Waals surface area contributed by atoms with E-state index in [1.165, 1.54) is 28.6 Å². The zero-order valence-corrected chi connectivity index (χ0v) is 16.5. The summed E-state index contributed by atoms with van der Waals surface area (Å²) in [4.78, 5) is 24.5. The molecule has 0 atom stereocenters. The van der Waals surface area contributed by atoms with E-state index in [4.69, 9.17) is 0 Å². The van der Waals surface area contributed by atoms with Crippen molar-refractivity contribution < 1.29 is 18.1 Å². The lowest BCUT2D eigenvalue weighted by Crippen LogP contribution is -2.50. The molecule has 0 aliphatic carbocycles. The Hall–Kier alpha value is -2.78. The number of piperazine rings is 1. The number of hydrogen-bond acceptors (Lipinski definition) is 5. The summed E-state index contributed by atoms with van der Waals surface area (Å²) in [5.74, 6) is -0.147. The van der Waals surface area contributed by atoms with Crippen molar-refractivity contribution in [3.63, 3.8) is 0 Å². The predicted octanol–water partition coefficient (Wildman–Crippen LogP) is 2.36. The number of carbonyl (C=O) groups is 1. The van der Waals surface area contributed by atoms with Gasteiger partial charge in [0.1, 0.15) is 0 Å². The molecule has 8 nitrogen and oxygen atoms in total. The van der Waals surface area contributed by atoms with Crippen LogP contribution in [0.3, 0.4) is 0 Å². The Morgan fingerprint density at radius 3 is 2.25 bits per heavy atom. The summed E-state index contributed by atoms with van der Waals surface area (Å²) in [6.07, 6.45) is 0. The Bertz CT molecular complexity index is 1030. The molecule has 3 rings (SSSR count). The summed E-state index contributed by atoms with van der Waals surface area (Å²) in [6.45, 7) is 4.53. The van der Waals surface area contributed by atoms with Gasteiger partial charge >= 0.3 is 0 Å². The molecule has 2 aromatic carbocycles. The number of carbonyl (C=O) groups excluding carboxylic acids is 1. The lowest BCUT2D eigenvalue weighted by Gasteiger charge is -2.34. The fourth-order valence-electron chi connectivity index (χ4n) is 3.15. The molecule has 1 amide bonds. The highest BCUT2D eigenvalue weighted by atomic mass is 32.2. The van der Waals surface area contributed by atoms with Crippen LogP contribution in [0.5, 0.6) is 0 Å². The van der Waals surface area contributed by atoms with Crippen molar-refractivity contribution in [2.24, 2.45) is 0 Å². The van der Waals surface area contributed by atoms with E-state index in [-0.39, 0.29) is 37.0 Å². The highest BCUT2D eigenvalue weighted by Crippen LogP contribution is 2.27. The molecule has 1 heterocycles. The summed E-state index contributed by atoms with van der Waals surface area (Å²) < 4.78 is 26.9. The molecule has 1 aliphatic heterocycles. The van der Waals surface area contributed by atoms with Gasteiger partial charge in [-0.05, 0) is 43.2 Å². The zero-order chi connectivity index (χ0) is 20.5. The van der Waals surface area contributed by atoms with Crippen molar-refractivity contribution in [1.82, 2.24) is 9.21 Å². The average molecular weight is 403 g/mol. The van der Waals surface area contributed by atoms with Crippen LogP contribution >= 0.6 is 0 Å². The number of nitrogens with zero attached hydrogens (tertiary/aromatic N) is 3. The lowest BCUT2D eigenvalue weighted by atomic mass is 10.1. The number of sulfonamides is 1. The molecule has 0 N–H and O–H groups in total. The minimum atomic E-state index is -4.01. The van der Waals surface area contributed by atoms with Crippen LogP contribution in [0.25, 0.3) is 0 Å². The maximum atomic E-state index is 12.9. The molecule has 0 radical (unpaired) electrons. The van der Waals surface area contributed by atoms with Gasteiger partial charge in [-0.15, -0.1) is 0 Å². The molecule has 0 bridgehead atoms. The molecule has 28 heavy (non-hydrogen) atoms. The van der Waals surface area contributed by atoms with Crippen molar-refractivity contribution in [3.05, 3.63) is 69.3 Å². The second kappa shape index (κ2) is 7.69. The van der Waals surface area contributed by atoms with Gasteiger partial charge in [-0.1, -0.05) is 18.2 Å². The summed E-state index contributed by atoms with van der Waals surface area (Å²) in [6, 6.07) is 10.8. The maximum Gasteiger partial charge on any atom is 0.289 e. The van der Waals surface area contributed by atoms with E-state index in [0.29, 0.717) is 5.56 Å². The maximum absolute atomic E-state index is 12.9. The fourth-order valence-corrected chi connectivity index (χ4v) is 4.73. The minimum Gasteiger partial charge on any atom is -0.336 e. The summed E-state index contributed by atoms with van der Waals surface area (Å²) in [5.41, 5.74) is 2.23. The molecule has 0 spiro atoms. The van der Waals surface area contributed by atoms with Crippen molar-refractivity contribution >= 4 is 21.6 Å². The quantitative estimate of drug-likeness (QED) is 0.576. The molecule has 9 heteroatoms. The fraction of sp³-hybridized carbons (Fsp3) is 0.316. The number of hydrogen-bond donors (Lipinski definition) is 0. The van der Waals surface area contributed by atoms with Gasteiger partial charge < -0.3 is 4.90 Å². The Morgan fingerprint density at radius 1 is 1.00 bits per heavy atom. The third-order valence-corrected chi connectivity index (χ3v) is 6.91. The standard InChI is InChI=1S/C19H21N3O5S/c1-14-7-8-16(13-15(14)2)19(23)20-9-11-21(12-10-20)28(26,27)18-6-4-3-5-17(18)22(24)25/h3-8,13H,9-12H2,1-2H3. The Morgan fingerprint density at radius 2 is 1.64 bits per heavy atom. The summed E-state index contributed by atoms with van der Waals surface area (Å²) in [7, 11) is -4.01. The minimum absolute atomic E-state index is 0.0883. The number of nitro benzene ring substituents is 1. The molecule has 0 unspecified atom stereocenters. The largest absolute Gasteiger partial charge is 0.336 e. The van der Waals surface area contributed by atoms with Gasteiger partial charge in [-0.25, -0.2) is 8.42 Å². The predicted molar refractivity (Wildman–Crippen MR) is 104 cm³/mol. The molecule has 148 valence electrons. The van der Waals surface area contributed by atoms with E-state index in [2.05, 4.69) is 0 Å². The smallest absolute Gasteiger partial charge is 0.289 e. The number of rotatable bonds is 4. The third kappa shape index (κ3) is 3.76. The van der Waals surface area contributed by atoms with Gasteiger partial charge in [0.2, 0.25) is 10.0 Å². The van der Waals surface area contributed by atoms with Crippen molar-refractivity contribution in [2.45, 2.75) is 18.7 Å². The first kappa shape index (κ1) is 20.0. The van der Waals surface area contributed by atoms with E-state index < -0.39 is 20.6 Å². The highest BCUT2D eigenvalue weighted by molar-refractivity contribution is 7.89. The number of nitro groups is 1. The highest BCUT2D eigenvalue weighted by Gasteiger charge is 2.34. The van der Waals surface area contributed by atoms with E-state index in [0.717, 1.165) is 11.1 Å². The van der Waals surface area contributed by atoms with E-state index in [9.17, 15) is 23.3 Å². The number of benzene rings is 2. The Labute approximate surface area is 163 Å². The molecule has 2 aromatic rings. The zero-order valence-electron chi connectivity index (χ0n) is 15.7. The Balaban J connectivity index is 1.75. The van der Waals surface area contributed by atoms with Gasteiger partial charge in [0.05, 0.1) is 4.92 Å². The van der Waals surface area contributed by atoms with Gasteiger partial charge in [0.15, 0.2) is 4.90 Å². The molecule has 1 saturated heterocycles. The number of amides is 1. The average Bonchev–Trinajstić information content (AvgIpc) is 2.69. The van der Waals surface area contributed by atoms with Crippen LogP contribution in [-0.4, -0.2) is 54.6 Å². The van der Waals surface area contributed by atoms with E-state index >= 15 is 0 Å². The SMILES string of the molecule is Cc1ccc(C(=O)N2CCN(S(=O)(=O)c3ccccc3[N+](=O)[O-])CC2)cc1C. The monoisotopic (exact) mass is 403 g/mol. The summed E-state index contributed by atoms with van der Waals surface area (Å²) in [5, 5.41) is 11.2. The molecular weight excluding hydrogens is 382 g/mol. The van der Waals surface area contributed by atoms with Crippen LogP contribution in [0, 0.1) is 24.0 Å². The molecular formula is C19H21N3O5S. The number of aryl methyl sites for hydroxylation is 2. The van der Waals surface area contributed by atoms with Crippen LogP contribution in [-0.2, 0) is 10.0 Å². The molecule has 1 fully saturated rings. The van der Waals surface area contributed by atoms with Crippen LogP contribution in [0.2, 0.25) is 0 Å². The molecule has 0 saturated carbocycles. The topological polar surface area (TPSA) is 101 Å². The molecule has 0 aromatic heterocycles. The van der Waals surface area contributed by atoms with Crippen LogP contribution in [0.1, 0.15) is 21.5 Å². The Kier molecular flexibility index (Phi) is 5.48. The first-order valence-corrected chi connectivity index (χ1v) is 10.3. The second-order valence-corrected chi connectivity index (χ2v) is 8.63. The number of para-hydroxylation sites is 1. The van der Waals surface area contributed by atoms with Crippen LogP contribution < -0.4 is 0 Å². The van der Waals surface area contributed by atoms with Gasteiger partial charge in [-0.3, -0.25) is 14.9 Å². The van der Waals surface area contributed by atoms with Crippen LogP contribution in [0.4, 0.5) is 5.69 Å². The van der Waals surface area contributed by atoms with Crippen molar-refractivity contribution in [2.75, 3.05) is 26.2 Å². The second-order valence-electron chi connectivity index (χ2n) is 6.72. The van der Waals surface area contributed by atoms with Crippen molar-refractivity contribution in [3.8, 4) is 0 Å². The van der Waals surface area contributed by atoms with Crippen molar-refractivity contribution in [1.29, 1.82) is 0 Å². The molecule has 1 aliphatic rings. The first-order valence-electron chi connectivity index (χ1n) is 8.82. The lowest BCUT2D eigenvalue weighted by molar-refractivity contribution is -0.387. The van der Waals surface area contributed by atoms with Gasteiger partial charge in [0, 0.05) is 37.8 Å².